The molecule has 0 aromatic heterocycles. The van der Waals surface area contributed by atoms with Crippen molar-refractivity contribution < 1.29 is 14.3 Å². The van der Waals surface area contributed by atoms with E-state index in [4.69, 9.17) is 4.74 Å². The van der Waals surface area contributed by atoms with Gasteiger partial charge in [-0.25, -0.2) is 4.79 Å². The second kappa shape index (κ2) is 11.1. The van der Waals surface area contributed by atoms with Crippen molar-refractivity contribution in [2.45, 2.75) is 12.8 Å². The lowest BCUT2D eigenvalue weighted by Crippen LogP contribution is -2.15. The van der Waals surface area contributed by atoms with Gasteiger partial charge in [-0.1, -0.05) is 36.4 Å². The molecule has 2 amide bonds. The Balaban J connectivity index is 1.46. The van der Waals surface area contributed by atoms with Crippen LogP contribution in [-0.2, 0) is 9.53 Å². The van der Waals surface area contributed by atoms with Gasteiger partial charge in [0.05, 0.1) is 0 Å². The number of hydrogen-bond acceptors (Lipinski definition) is 4. The van der Waals surface area contributed by atoms with Gasteiger partial charge in [0.25, 0.3) is 0 Å². The number of benzene rings is 2. The highest BCUT2D eigenvalue weighted by molar-refractivity contribution is 7.99. The molecule has 5 nitrogen and oxygen atoms in total. The number of amides is 2. The highest BCUT2D eigenvalue weighted by Gasteiger charge is 2.03. The van der Waals surface area contributed by atoms with Crippen molar-refractivity contribution in [1.29, 1.82) is 0 Å². The van der Waals surface area contributed by atoms with E-state index in [1.807, 2.05) is 48.5 Å². The predicted molar refractivity (Wildman–Crippen MR) is 103 cm³/mol. The summed E-state index contributed by atoms with van der Waals surface area (Å²) in [6.07, 6.45) is 0.825. The summed E-state index contributed by atoms with van der Waals surface area (Å²) in [5.74, 6) is 1.58. The fourth-order valence-corrected chi connectivity index (χ4v) is 2.80. The Labute approximate surface area is 152 Å². The largest absolute Gasteiger partial charge is 0.448 e. The standard InChI is InChI=1S/C19H22N2O3S/c22-18(20-16-8-3-1-4-9-16)12-7-14-25-15-13-24-19(23)21-17-10-5-2-6-11-17/h1-6,8-11H,7,12-15H2,(H,20,22)(H,21,23). The zero-order valence-electron chi connectivity index (χ0n) is 13.9. The molecular formula is C19H22N2O3S. The summed E-state index contributed by atoms with van der Waals surface area (Å²) < 4.78 is 5.10. The Bertz CT molecular complexity index is 593. The predicted octanol–water partition coefficient (Wildman–Crippen LogP) is 4.39. The summed E-state index contributed by atoms with van der Waals surface area (Å²) in [5, 5.41) is 5.52. The molecular weight excluding hydrogens is 336 g/mol. The number of anilines is 2. The minimum atomic E-state index is -0.450. The average Bonchev–Trinajstić information content (AvgIpc) is 2.62. The van der Waals surface area contributed by atoms with Gasteiger partial charge in [-0.3, -0.25) is 10.1 Å². The monoisotopic (exact) mass is 358 g/mol. The van der Waals surface area contributed by atoms with Crippen LogP contribution in [0.25, 0.3) is 0 Å². The summed E-state index contributed by atoms with van der Waals surface area (Å²) in [6.45, 7) is 0.347. The highest BCUT2D eigenvalue weighted by Crippen LogP contribution is 2.09. The lowest BCUT2D eigenvalue weighted by molar-refractivity contribution is -0.116. The normalized spacial score (nSPS) is 10.1. The zero-order chi connectivity index (χ0) is 17.7. The van der Waals surface area contributed by atoms with E-state index < -0.39 is 6.09 Å². The number of thioether (sulfide) groups is 1. The maximum absolute atomic E-state index is 11.8. The van der Waals surface area contributed by atoms with Gasteiger partial charge in [0.2, 0.25) is 5.91 Å². The van der Waals surface area contributed by atoms with E-state index >= 15 is 0 Å². The van der Waals surface area contributed by atoms with Crippen LogP contribution in [-0.4, -0.2) is 30.1 Å². The molecule has 2 aromatic carbocycles. The molecule has 0 unspecified atom stereocenters. The molecule has 0 atom stereocenters. The number of para-hydroxylation sites is 2. The van der Waals surface area contributed by atoms with E-state index in [1.54, 1.807) is 23.9 Å². The fraction of sp³-hybridized carbons (Fsp3) is 0.263. The number of hydrogen-bond donors (Lipinski definition) is 2. The molecule has 2 aromatic rings. The quantitative estimate of drug-likeness (QED) is 0.653. The van der Waals surface area contributed by atoms with Gasteiger partial charge in [0.1, 0.15) is 6.61 Å². The van der Waals surface area contributed by atoms with E-state index in [1.165, 1.54) is 0 Å². The summed E-state index contributed by atoms with van der Waals surface area (Å²) in [4.78, 5) is 23.3. The molecule has 132 valence electrons. The first-order valence-electron chi connectivity index (χ1n) is 8.15. The van der Waals surface area contributed by atoms with Gasteiger partial charge >= 0.3 is 6.09 Å². The lowest BCUT2D eigenvalue weighted by Gasteiger charge is -2.07. The van der Waals surface area contributed by atoms with Crippen LogP contribution in [0.4, 0.5) is 16.2 Å². The third-order valence-electron chi connectivity index (χ3n) is 3.23. The summed E-state index contributed by atoms with van der Waals surface area (Å²) in [5.41, 5.74) is 1.53. The molecule has 2 rings (SSSR count). The summed E-state index contributed by atoms with van der Waals surface area (Å²) >= 11 is 1.66. The van der Waals surface area contributed by atoms with Crippen LogP contribution < -0.4 is 10.6 Å². The van der Waals surface area contributed by atoms with Crippen LogP contribution in [0.3, 0.4) is 0 Å². The van der Waals surface area contributed by atoms with Crippen molar-refractivity contribution in [1.82, 2.24) is 0 Å². The van der Waals surface area contributed by atoms with Crippen LogP contribution in [0.1, 0.15) is 12.8 Å². The van der Waals surface area contributed by atoms with E-state index in [0.717, 1.165) is 17.9 Å². The molecule has 25 heavy (non-hydrogen) atoms. The Morgan fingerprint density at radius 2 is 1.44 bits per heavy atom. The van der Waals surface area contributed by atoms with Crippen LogP contribution in [0, 0.1) is 0 Å². The molecule has 0 saturated carbocycles. The van der Waals surface area contributed by atoms with Gasteiger partial charge in [0, 0.05) is 23.5 Å². The van der Waals surface area contributed by atoms with Gasteiger partial charge in [-0.15, -0.1) is 0 Å². The molecule has 0 fully saturated rings. The van der Waals surface area contributed by atoms with E-state index in [0.29, 0.717) is 24.5 Å². The second-order valence-corrected chi connectivity index (χ2v) is 6.48. The summed E-state index contributed by atoms with van der Waals surface area (Å²) in [6, 6.07) is 18.6. The molecule has 0 aliphatic heterocycles. The maximum atomic E-state index is 11.8. The molecule has 0 aliphatic rings. The molecule has 0 saturated heterocycles. The molecule has 6 heteroatoms. The summed E-state index contributed by atoms with van der Waals surface area (Å²) in [7, 11) is 0. The molecule has 0 spiro atoms. The minimum absolute atomic E-state index is 0.0188. The molecule has 0 heterocycles. The Hall–Kier alpha value is -2.47. The number of carbonyl (C=O) groups is 2. The third kappa shape index (κ3) is 8.26. The molecule has 0 bridgehead atoms. The van der Waals surface area contributed by atoms with Crippen molar-refractivity contribution in [3.8, 4) is 0 Å². The number of rotatable bonds is 9. The van der Waals surface area contributed by atoms with Crippen molar-refractivity contribution in [2.24, 2.45) is 0 Å². The Morgan fingerprint density at radius 1 is 0.840 bits per heavy atom. The van der Waals surface area contributed by atoms with Gasteiger partial charge < -0.3 is 10.1 Å². The van der Waals surface area contributed by atoms with Crippen LogP contribution >= 0.6 is 11.8 Å². The number of nitrogens with one attached hydrogen (secondary N) is 2. The van der Waals surface area contributed by atoms with Crippen molar-refractivity contribution in [2.75, 3.05) is 28.7 Å². The lowest BCUT2D eigenvalue weighted by atomic mass is 10.3. The second-order valence-electron chi connectivity index (χ2n) is 5.26. The van der Waals surface area contributed by atoms with Crippen LogP contribution in [0.5, 0.6) is 0 Å². The first kappa shape index (κ1) is 18.9. The highest BCUT2D eigenvalue weighted by atomic mass is 32.2. The van der Waals surface area contributed by atoms with Crippen molar-refractivity contribution in [3.63, 3.8) is 0 Å². The first-order valence-corrected chi connectivity index (χ1v) is 9.31. The average molecular weight is 358 g/mol. The first-order chi connectivity index (χ1) is 12.2. The van der Waals surface area contributed by atoms with E-state index in [-0.39, 0.29) is 5.91 Å². The number of carbonyl (C=O) groups excluding carboxylic acids is 2. The minimum Gasteiger partial charge on any atom is -0.448 e. The van der Waals surface area contributed by atoms with Gasteiger partial charge in [-0.2, -0.15) is 11.8 Å². The number of ether oxygens (including phenoxy) is 1. The zero-order valence-corrected chi connectivity index (χ0v) is 14.8. The Kier molecular flexibility index (Phi) is 8.41. The van der Waals surface area contributed by atoms with Crippen molar-refractivity contribution >= 4 is 35.1 Å². The topological polar surface area (TPSA) is 67.4 Å². The van der Waals surface area contributed by atoms with Gasteiger partial charge in [0.15, 0.2) is 0 Å². The van der Waals surface area contributed by atoms with E-state index in [2.05, 4.69) is 10.6 Å². The molecule has 0 aliphatic carbocycles. The van der Waals surface area contributed by atoms with Gasteiger partial charge in [-0.05, 0) is 36.4 Å². The molecule has 2 N–H and O–H groups in total. The maximum Gasteiger partial charge on any atom is 0.411 e. The van der Waals surface area contributed by atoms with Crippen LogP contribution in [0.15, 0.2) is 60.7 Å². The molecule has 0 radical (unpaired) electrons. The fourth-order valence-electron chi connectivity index (χ4n) is 2.05. The smallest absolute Gasteiger partial charge is 0.411 e. The SMILES string of the molecule is O=C(CCCSCCOC(=O)Nc1ccccc1)Nc1ccccc1. The Morgan fingerprint density at radius 3 is 2.08 bits per heavy atom. The van der Waals surface area contributed by atoms with Crippen LogP contribution in [0.2, 0.25) is 0 Å². The van der Waals surface area contributed by atoms with E-state index in [9.17, 15) is 9.59 Å². The van der Waals surface area contributed by atoms with Crippen molar-refractivity contribution in [3.05, 3.63) is 60.7 Å². The third-order valence-corrected chi connectivity index (χ3v) is 4.26.